The maximum absolute atomic E-state index is 11.7. The van der Waals surface area contributed by atoms with Gasteiger partial charge < -0.3 is 10.1 Å². The highest BCUT2D eigenvalue weighted by Gasteiger charge is 2.01. The lowest BCUT2D eigenvalue weighted by molar-refractivity contribution is 0.0215. The molecule has 1 aromatic heterocycles. The van der Waals surface area contributed by atoms with Crippen LogP contribution in [0.15, 0.2) is 12.3 Å². The molecule has 0 aliphatic heterocycles. The number of hydrogen-bond acceptors (Lipinski definition) is 4. The molecule has 0 amide bonds. The number of alkyl halides is 2. The Morgan fingerprint density at radius 3 is 3.00 bits per heavy atom. The monoisotopic (exact) mass is 237 g/mol. The van der Waals surface area contributed by atoms with Crippen molar-refractivity contribution in [3.05, 3.63) is 17.4 Å². The van der Waals surface area contributed by atoms with Crippen molar-refractivity contribution >= 4 is 17.3 Å². The Morgan fingerprint density at radius 2 is 2.33 bits per heavy atom. The SMILES string of the molecule is FC(F)COCCNc1cnnc(Cl)c1. The van der Waals surface area contributed by atoms with E-state index in [0.29, 0.717) is 12.2 Å². The number of nitrogens with one attached hydrogen (secondary N) is 1. The molecular formula is C8H10ClF2N3O. The molecule has 4 nitrogen and oxygen atoms in total. The molecule has 1 heterocycles. The Hall–Kier alpha value is -1.01. The van der Waals surface area contributed by atoms with Crippen molar-refractivity contribution in [3.63, 3.8) is 0 Å². The van der Waals surface area contributed by atoms with Crippen LogP contribution in [-0.2, 0) is 4.74 Å². The summed E-state index contributed by atoms with van der Waals surface area (Å²) in [5, 5.41) is 10.3. The normalized spacial score (nSPS) is 10.7. The second-order valence-corrected chi connectivity index (χ2v) is 3.05. The zero-order chi connectivity index (χ0) is 11.1. The Bertz CT molecular complexity index is 301. The molecule has 84 valence electrons. The molecule has 0 spiro atoms. The van der Waals surface area contributed by atoms with Gasteiger partial charge in [-0.3, -0.25) is 0 Å². The lowest BCUT2D eigenvalue weighted by atomic mass is 10.4. The molecule has 0 fully saturated rings. The number of hydrogen-bond donors (Lipinski definition) is 1. The summed E-state index contributed by atoms with van der Waals surface area (Å²) in [6.07, 6.45) is -0.944. The standard InChI is InChI=1S/C8H10ClF2N3O/c9-7-3-6(4-13-14-7)12-1-2-15-5-8(10)11/h3-4,8H,1-2,5H2,(H,12,14). The largest absolute Gasteiger partial charge is 0.381 e. The lowest BCUT2D eigenvalue weighted by Gasteiger charge is -2.06. The van der Waals surface area contributed by atoms with Gasteiger partial charge in [0.2, 0.25) is 0 Å². The minimum Gasteiger partial charge on any atom is -0.381 e. The van der Waals surface area contributed by atoms with Crippen LogP contribution in [0.2, 0.25) is 5.15 Å². The fraction of sp³-hybridized carbons (Fsp3) is 0.500. The fourth-order valence-corrected chi connectivity index (χ4v) is 1.04. The average molecular weight is 238 g/mol. The third-order valence-corrected chi connectivity index (χ3v) is 1.63. The first-order valence-electron chi connectivity index (χ1n) is 4.26. The molecule has 1 aromatic rings. The minimum atomic E-state index is -2.43. The molecule has 0 aliphatic rings. The summed E-state index contributed by atoms with van der Waals surface area (Å²) in [7, 11) is 0. The van der Waals surface area contributed by atoms with Gasteiger partial charge >= 0.3 is 0 Å². The van der Waals surface area contributed by atoms with E-state index in [1.54, 1.807) is 6.07 Å². The van der Waals surface area contributed by atoms with E-state index in [9.17, 15) is 8.78 Å². The molecule has 15 heavy (non-hydrogen) atoms. The number of aromatic nitrogens is 2. The Kier molecular flexibility index (Phi) is 5.20. The van der Waals surface area contributed by atoms with Crippen LogP contribution >= 0.6 is 11.6 Å². The van der Waals surface area contributed by atoms with E-state index in [4.69, 9.17) is 11.6 Å². The first kappa shape index (κ1) is 12.1. The predicted molar refractivity (Wildman–Crippen MR) is 52.4 cm³/mol. The maximum atomic E-state index is 11.7. The van der Waals surface area contributed by atoms with Crippen molar-refractivity contribution < 1.29 is 13.5 Å². The average Bonchev–Trinajstić information content (AvgIpc) is 2.17. The van der Waals surface area contributed by atoms with E-state index < -0.39 is 13.0 Å². The van der Waals surface area contributed by atoms with Crippen molar-refractivity contribution in [2.24, 2.45) is 0 Å². The molecule has 1 N–H and O–H groups in total. The van der Waals surface area contributed by atoms with Crippen molar-refractivity contribution in [2.45, 2.75) is 6.43 Å². The predicted octanol–water partition coefficient (Wildman–Crippen LogP) is 1.82. The topological polar surface area (TPSA) is 47.0 Å². The zero-order valence-corrected chi connectivity index (χ0v) is 8.55. The van der Waals surface area contributed by atoms with Crippen LogP contribution in [0.5, 0.6) is 0 Å². The van der Waals surface area contributed by atoms with Crippen LogP contribution in [0.3, 0.4) is 0 Å². The lowest BCUT2D eigenvalue weighted by Crippen LogP contribution is -2.13. The molecule has 1 rings (SSSR count). The van der Waals surface area contributed by atoms with Crippen molar-refractivity contribution in [1.29, 1.82) is 0 Å². The number of nitrogens with zero attached hydrogens (tertiary/aromatic N) is 2. The molecule has 7 heteroatoms. The van der Waals surface area contributed by atoms with E-state index in [-0.39, 0.29) is 11.8 Å². The zero-order valence-electron chi connectivity index (χ0n) is 7.79. The maximum Gasteiger partial charge on any atom is 0.261 e. The molecular weight excluding hydrogens is 228 g/mol. The van der Waals surface area contributed by atoms with Gasteiger partial charge in [-0.15, -0.1) is 5.10 Å². The highest BCUT2D eigenvalue weighted by Crippen LogP contribution is 2.09. The van der Waals surface area contributed by atoms with Gasteiger partial charge in [0.15, 0.2) is 5.15 Å². The van der Waals surface area contributed by atoms with E-state index in [1.165, 1.54) is 6.20 Å². The third-order valence-electron chi connectivity index (χ3n) is 1.44. The van der Waals surface area contributed by atoms with Gasteiger partial charge in [0.05, 0.1) is 18.5 Å². The van der Waals surface area contributed by atoms with E-state index in [1.807, 2.05) is 0 Å². The minimum absolute atomic E-state index is 0.199. The molecule has 0 bridgehead atoms. The van der Waals surface area contributed by atoms with Crippen LogP contribution in [-0.4, -0.2) is 36.4 Å². The Balaban J connectivity index is 2.15. The number of anilines is 1. The van der Waals surface area contributed by atoms with Crippen LogP contribution < -0.4 is 5.32 Å². The number of halogens is 3. The second-order valence-electron chi connectivity index (χ2n) is 2.66. The van der Waals surface area contributed by atoms with Crippen LogP contribution in [0.1, 0.15) is 0 Å². The molecule has 0 radical (unpaired) electrons. The summed E-state index contributed by atoms with van der Waals surface area (Å²) in [4.78, 5) is 0. The van der Waals surface area contributed by atoms with E-state index in [0.717, 1.165) is 0 Å². The van der Waals surface area contributed by atoms with Crippen molar-refractivity contribution in [1.82, 2.24) is 10.2 Å². The van der Waals surface area contributed by atoms with Gasteiger partial charge in [0, 0.05) is 12.6 Å². The number of rotatable bonds is 6. The van der Waals surface area contributed by atoms with E-state index in [2.05, 4.69) is 20.3 Å². The molecule has 0 saturated carbocycles. The van der Waals surface area contributed by atoms with Crippen LogP contribution in [0.4, 0.5) is 14.5 Å². The molecule has 0 aromatic carbocycles. The quantitative estimate of drug-likeness (QED) is 0.767. The summed E-state index contributed by atoms with van der Waals surface area (Å²) in [6, 6.07) is 1.58. The van der Waals surface area contributed by atoms with Crippen LogP contribution in [0.25, 0.3) is 0 Å². The third kappa shape index (κ3) is 5.44. The smallest absolute Gasteiger partial charge is 0.261 e. The summed E-state index contributed by atoms with van der Waals surface area (Å²) in [5.41, 5.74) is 0.677. The van der Waals surface area contributed by atoms with Gasteiger partial charge in [-0.2, -0.15) is 5.10 Å². The van der Waals surface area contributed by atoms with Crippen molar-refractivity contribution in [2.75, 3.05) is 25.1 Å². The highest BCUT2D eigenvalue weighted by atomic mass is 35.5. The van der Waals surface area contributed by atoms with E-state index >= 15 is 0 Å². The molecule has 0 atom stereocenters. The van der Waals surface area contributed by atoms with Crippen molar-refractivity contribution in [3.8, 4) is 0 Å². The summed E-state index contributed by atoms with van der Waals surface area (Å²) < 4.78 is 28.0. The molecule has 0 unspecified atom stereocenters. The van der Waals surface area contributed by atoms with Gasteiger partial charge in [-0.1, -0.05) is 11.6 Å². The highest BCUT2D eigenvalue weighted by molar-refractivity contribution is 6.29. The van der Waals surface area contributed by atoms with Gasteiger partial charge in [0.25, 0.3) is 6.43 Å². The molecule has 0 saturated heterocycles. The van der Waals surface area contributed by atoms with Gasteiger partial charge in [0.1, 0.15) is 6.61 Å². The summed E-state index contributed by atoms with van der Waals surface area (Å²) in [5.74, 6) is 0. The Morgan fingerprint density at radius 1 is 1.53 bits per heavy atom. The second kappa shape index (κ2) is 6.47. The summed E-state index contributed by atoms with van der Waals surface area (Å²) in [6.45, 7) is 0.0655. The summed E-state index contributed by atoms with van der Waals surface area (Å²) >= 11 is 5.58. The van der Waals surface area contributed by atoms with Gasteiger partial charge in [-0.25, -0.2) is 8.78 Å². The molecule has 0 aliphatic carbocycles. The number of ether oxygens (including phenoxy) is 1. The Labute approximate surface area is 90.6 Å². The fourth-order valence-electron chi connectivity index (χ4n) is 0.877. The first-order chi connectivity index (χ1) is 7.18. The van der Waals surface area contributed by atoms with Crippen LogP contribution in [0, 0.1) is 0 Å². The van der Waals surface area contributed by atoms with Gasteiger partial charge in [-0.05, 0) is 0 Å². The first-order valence-corrected chi connectivity index (χ1v) is 4.64.